The Morgan fingerprint density at radius 2 is 1.02 bits per heavy atom. The summed E-state index contributed by atoms with van der Waals surface area (Å²) >= 11 is 0. The maximum absolute atomic E-state index is 12.6. The maximum Gasteiger partial charge on any atom is 0.407 e. The summed E-state index contributed by atoms with van der Waals surface area (Å²) < 4.78 is 11.1. The molecule has 224 valence electrons. The Morgan fingerprint density at radius 1 is 0.614 bits per heavy atom. The highest BCUT2D eigenvalue weighted by Crippen LogP contribution is 2.45. The Kier molecular flexibility index (Phi) is 8.59. The van der Waals surface area contributed by atoms with Gasteiger partial charge in [0.2, 0.25) is 5.91 Å². The Morgan fingerprint density at radius 3 is 1.45 bits per heavy atom. The molecule has 0 fully saturated rings. The molecule has 0 spiro atoms. The molecule has 0 saturated heterocycles. The number of hydrogen-bond acceptors (Lipinski definition) is 5. The number of primary amides is 1. The molecule has 0 heterocycles. The first-order chi connectivity index (χ1) is 21.5. The summed E-state index contributed by atoms with van der Waals surface area (Å²) in [6.45, 7) is 0.760. The highest BCUT2D eigenvalue weighted by atomic mass is 16.6. The van der Waals surface area contributed by atoms with E-state index in [0.29, 0.717) is 25.8 Å². The number of hydrogen-bond donors (Lipinski definition) is 3. The van der Waals surface area contributed by atoms with Gasteiger partial charge in [0.1, 0.15) is 19.3 Å². The fourth-order valence-electron chi connectivity index (χ4n) is 6.38. The largest absolute Gasteiger partial charge is 0.449 e. The highest BCUT2D eigenvalue weighted by Gasteiger charge is 2.30. The van der Waals surface area contributed by atoms with E-state index in [4.69, 9.17) is 15.2 Å². The van der Waals surface area contributed by atoms with Gasteiger partial charge in [0.05, 0.1) is 0 Å². The molecule has 1 atom stereocenters. The van der Waals surface area contributed by atoms with Gasteiger partial charge < -0.3 is 25.8 Å². The lowest BCUT2D eigenvalue weighted by Gasteiger charge is -2.18. The fraction of sp³-hybridized carbons (Fsp3) is 0.250. The molecule has 0 radical (unpaired) electrons. The van der Waals surface area contributed by atoms with Crippen LogP contribution in [0.25, 0.3) is 22.3 Å². The van der Waals surface area contributed by atoms with Crippen LogP contribution < -0.4 is 16.4 Å². The van der Waals surface area contributed by atoms with Crippen molar-refractivity contribution >= 4 is 18.1 Å². The topological polar surface area (TPSA) is 120 Å². The monoisotopic (exact) mass is 589 g/mol. The van der Waals surface area contributed by atoms with Crippen LogP contribution in [-0.2, 0) is 14.3 Å². The van der Waals surface area contributed by atoms with Gasteiger partial charge in [-0.05, 0) is 63.8 Å². The number of alkyl carbamates (subject to hydrolysis) is 2. The molecular weight excluding hydrogens is 554 g/mol. The number of rotatable bonds is 11. The molecule has 0 aliphatic heterocycles. The van der Waals surface area contributed by atoms with E-state index in [0.717, 1.165) is 33.4 Å². The average molecular weight is 590 g/mol. The van der Waals surface area contributed by atoms with Gasteiger partial charge in [0.25, 0.3) is 0 Å². The molecule has 3 amide bonds. The highest BCUT2D eigenvalue weighted by molar-refractivity contribution is 5.84. The van der Waals surface area contributed by atoms with E-state index in [1.165, 1.54) is 11.1 Å². The predicted octanol–water partition coefficient (Wildman–Crippen LogP) is 6.09. The van der Waals surface area contributed by atoms with Gasteiger partial charge in [0.15, 0.2) is 0 Å². The van der Waals surface area contributed by atoms with Crippen molar-refractivity contribution in [1.82, 2.24) is 10.6 Å². The van der Waals surface area contributed by atoms with Crippen molar-refractivity contribution < 1.29 is 23.9 Å². The first-order valence-electron chi connectivity index (χ1n) is 15.0. The fourth-order valence-corrected chi connectivity index (χ4v) is 6.38. The number of unbranched alkanes of at least 4 members (excludes halogenated alkanes) is 1. The third-order valence-electron chi connectivity index (χ3n) is 8.51. The normalized spacial score (nSPS) is 13.6. The van der Waals surface area contributed by atoms with Gasteiger partial charge in [-0.25, -0.2) is 9.59 Å². The number of carbonyl (C=O) groups excluding carboxylic acids is 3. The van der Waals surface area contributed by atoms with Crippen LogP contribution in [0.1, 0.15) is 53.4 Å². The van der Waals surface area contributed by atoms with E-state index in [2.05, 4.69) is 47.0 Å². The minimum atomic E-state index is -0.875. The number of carbonyl (C=O) groups is 3. The number of nitrogens with one attached hydrogen (secondary N) is 2. The number of fused-ring (bicyclic) bond motifs is 6. The van der Waals surface area contributed by atoms with Crippen molar-refractivity contribution in [3.63, 3.8) is 0 Å². The molecule has 44 heavy (non-hydrogen) atoms. The number of benzene rings is 4. The Bertz CT molecular complexity index is 1590. The predicted molar refractivity (Wildman–Crippen MR) is 168 cm³/mol. The summed E-state index contributed by atoms with van der Waals surface area (Å²) in [5.41, 5.74) is 14.7. The second-order valence-electron chi connectivity index (χ2n) is 11.2. The second kappa shape index (κ2) is 13.0. The zero-order valence-electron chi connectivity index (χ0n) is 24.3. The first kappa shape index (κ1) is 29.0. The quantitative estimate of drug-likeness (QED) is 0.183. The van der Waals surface area contributed by atoms with Crippen LogP contribution >= 0.6 is 0 Å². The zero-order chi connectivity index (χ0) is 30.5. The van der Waals surface area contributed by atoms with Crippen molar-refractivity contribution in [2.75, 3.05) is 19.8 Å². The first-order valence-corrected chi connectivity index (χ1v) is 15.0. The average Bonchev–Trinajstić information content (AvgIpc) is 3.54. The standard InChI is InChI=1S/C36H35N3O5/c37-34(40)33(39-36(42)44-22-32-29-17-7-3-13-25(29)26-14-4-8-18-30(26)32)19-9-10-20-38-35(41)43-21-31-27-15-5-1-11-23(27)24-12-2-6-16-28(24)31/h1-8,11-18,31-33H,9-10,19-22H2,(H2,37,40)(H,38,41)(H,39,42). The summed E-state index contributed by atoms with van der Waals surface area (Å²) in [6.07, 6.45) is 0.287. The van der Waals surface area contributed by atoms with Gasteiger partial charge in [-0.15, -0.1) is 0 Å². The molecule has 0 saturated carbocycles. The van der Waals surface area contributed by atoms with E-state index in [-0.39, 0.29) is 25.0 Å². The van der Waals surface area contributed by atoms with Crippen molar-refractivity contribution in [2.24, 2.45) is 5.73 Å². The zero-order valence-corrected chi connectivity index (χ0v) is 24.3. The van der Waals surface area contributed by atoms with Gasteiger partial charge in [-0.3, -0.25) is 4.79 Å². The summed E-state index contributed by atoms with van der Waals surface area (Å²) in [7, 11) is 0. The third-order valence-corrected chi connectivity index (χ3v) is 8.51. The Balaban J connectivity index is 0.925. The molecular formula is C36H35N3O5. The lowest BCUT2D eigenvalue weighted by molar-refractivity contribution is -0.120. The van der Waals surface area contributed by atoms with Gasteiger partial charge in [-0.1, -0.05) is 97.1 Å². The summed E-state index contributed by atoms with van der Waals surface area (Å²) in [4.78, 5) is 37.1. The van der Waals surface area contributed by atoms with Crippen LogP contribution in [0.5, 0.6) is 0 Å². The van der Waals surface area contributed by atoms with Crippen LogP contribution in [0.15, 0.2) is 97.1 Å². The molecule has 2 aliphatic rings. The van der Waals surface area contributed by atoms with Gasteiger partial charge in [-0.2, -0.15) is 0 Å². The van der Waals surface area contributed by atoms with E-state index < -0.39 is 24.1 Å². The van der Waals surface area contributed by atoms with Crippen molar-refractivity contribution in [2.45, 2.75) is 37.1 Å². The van der Waals surface area contributed by atoms with Gasteiger partial charge in [0, 0.05) is 18.4 Å². The van der Waals surface area contributed by atoms with E-state index in [1.807, 2.05) is 60.7 Å². The van der Waals surface area contributed by atoms with Gasteiger partial charge >= 0.3 is 12.2 Å². The Labute approximate surface area is 256 Å². The molecule has 0 aromatic heterocycles. The summed E-state index contributed by atoms with van der Waals surface area (Å²) in [5, 5.41) is 5.38. The molecule has 4 N–H and O–H groups in total. The molecule has 8 nitrogen and oxygen atoms in total. The van der Waals surface area contributed by atoms with E-state index in [1.54, 1.807) is 0 Å². The molecule has 4 aromatic carbocycles. The van der Waals surface area contributed by atoms with Crippen LogP contribution in [0.2, 0.25) is 0 Å². The summed E-state index contributed by atoms with van der Waals surface area (Å²) in [6, 6.07) is 31.7. The van der Waals surface area contributed by atoms with E-state index >= 15 is 0 Å². The minimum absolute atomic E-state index is 0.00605. The van der Waals surface area contributed by atoms with Crippen molar-refractivity contribution in [3.05, 3.63) is 119 Å². The van der Waals surface area contributed by atoms with Crippen molar-refractivity contribution in [1.29, 1.82) is 0 Å². The lowest BCUT2D eigenvalue weighted by atomic mass is 9.98. The van der Waals surface area contributed by atoms with Crippen LogP contribution in [0.3, 0.4) is 0 Å². The SMILES string of the molecule is NC(=O)C(CCCCNC(=O)OCC1c2ccccc2-c2ccccc21)NC(=O)OCC1c2ccccc2-c2ccccc21. The van der Waals surface area contributed by atoms with Crippen LogP contribution in [0.4, 0.5) is 9.59 Å². The van der Waals surface area contributed by atoms with Crippen molar-refractivity contribution in [3.8, 4) is 22.3 Å². The molecule has 6 rings (SSSR count). The number of ether oxygens (including phenoxy) is 2. The molecule has 1 unspecified atom stereocenters. The molecule has 0 bridgehead atoms. The minimum Gasteiger partial charge on any atom is -0.449 e. The summed E-state index contributed by atoms with van der Waals surface area (Å²) in [5.74, 6) is -0.722. The third kappa shape index (κ3) is 6.01. The smallest absolute Gasteiger partial charge is 0.407 e. The van der Waals surface area contributed by atoms with E-state index in [9.17, 15) is 14.4 Å². The lowest BCUT2D eigenvalue weighted by Crippen LogP contribution is -2.45. The number of nitrogens with two attached hydrogens (primary N) is 1. The van der Waals surface area contributed by atoms with Crippen LogP contribution in [-0.4, -0.2) is 43.9 Å². The maximum atomic E-state index is 12.6. The number of amides is 3. The molecule has 8 heteroatoms. The second-order valence-corrected chi connectivity index (χ2v) is 11.2. The Hall–Kier alpha value is -5.11. The molecule has 2 aliphatic carbocycles. The van der Waals surface area contributed by atoms with Crippen LogP contribution in [0, 0.1) is 0 Å². The molecule has 4 aromatic rings.